The van der Waals surface area contributed by atoms with Gasteiger partial charge in [-0.3, -0.25) is 0 Å². The molecule has 1 aliphatic rings. The first-order chi connectivity index (χ1) is 5.77. The quantitative estimate of drug-likeness (QED) is 0.644. The Morgan fingerprint density at radius 2 is 1.83 bits per heavy atom. The van der Waals surface area contributed by atoms with Gasteiger partial charge in [0.1, 0.15) is 0 Å². The number of hydrogen-bond acceptors (Lipinski definition) is 1. The van der Waals surface area contributed by atoms with E-state index in [2.05, 4.69) is 26.1 Å². The van der Waals surface area contributed by atoms with Crippen molar-refractivity contribution < 1.29 is 0 Å². The van der Waals surface area contributed by atoms with Crippen molar-refractivity contribution >= 4 is 0 Å². The highest BCUT2D eigenvalue weighted by molar-refractivity contribution is 4.78. The number of rotatable bonds is 6. The molecule has 1 saturated carbocycles. The Balaban J connectivity index is 2.10. The highest BCUT2D eigenvalue weighted by Gasteiger charge is 2.22. The predicted molar refractivity (Wildman–Crippen MR) is 54.3 cm³/mol. The second kappa shape index (κ2) is 4.86. The van der Waals surface area contributed by atoms with Gasteiger partial charge in [-0.2, -0.15) is 0 Å². The minimum atomic E-state index is 0.723. The third kappa shape index (κ3) is 3.14. The van der Waals surface area contributed by atoms with E-state index in [1.54, 1.807) is 0 Å². The molecule has 1 N–H and O–H groups in total. The molecule has 1 unspecified atom stereocenters. The molecular weight excluding hydrogens is 146 g/mol. The lowest BCUT2D eigenvalue weighted by molar-refractivity contribution is 0.350. The molecule has 12 heavy (non-hydrogen) atoms. The normalized spacial score (nSPS) is 20.0. The van der Waals surface area contributed by atoms with E-state index in [0.29, 0.717) is 0 Å². The minimum Gasteiger partial charge on any atom is -0.314 e. The Bertz CT molecular complexity index is 114. The fourth-order valence-electron chi connectivity index (χ4n) is 1.84. The van der Waals surface area contributed by atoms with Gasteiger partial charge in [-0.1, -0.05) is 26.7 Å². The maximum Gasteiger partial charge on any atom is 0.00669 e. The summed E-state index contributed by atoms with van der Waals surface area (Å²) >= 11 is 0. The summed E-state index contributed by atoms with van der Waals surface area (Å²) in [6, 6.07) is 0.723. The van der Waals surface area contributed by atoms with Gasteiger partial charge < -0.3 is 5.32 Å². The molecule has 0 aromatic heterocycles. The van der Waals surface area contributed by atoms with Gasteiger partial charge in [0.15, 0.2) is 0 Å². The molecule has 1 fully saturated rings. The van der Waals surface area contributed by atoms with Crippen molar-refractivity contribution in [2.75, 3.05) is 6.54 Å². The van der Waals surface area contributed by atoms with Crippen LogP contribution in [0.5, 0.6) is 0 Å². The standard InChI is InChI=1S/C11H23N/c1-4-11(5-2)9(3)12-8-10-6-7-10/h9-12H,4-8H2,1-3H3. The smallest absolute Gasteiger partial charge is 0.00669 e. The van der Waals surface area contributed by atoms with Crippen LogP contribution in [0.2, 0.25) is 0 Å². The van der Waals surface area contributed by atoms with Crippen LogP contribution in [0.15, 0.2) is 0 Å². The average Bonchev–Trinajstić information content (AvgIpc) is 2.86. The zero-order valence-electron chi connectivity index (χ0n) is 8.77. The van der Waals surface area contributed by atoms with Gasteiger partial charge in [0.25, 0.3) is 0 Å². The van der Waals surface area contributed by atoms with Crippen molar-refractivity contribution in [2.45, 2.75) is 52.5 Å². The maximum atomic E-state index is 3.65. The molecule has 0 spiro atoms. The third-order valence-corrected chi connectivity index (χ3v) is 3.18. The molecule has 1 aliphatic carbocycles. The maximum absolute atomic E-state index is 3.65. The zero-order chi connectivity index (χ0) is 8.97. The van der Waals surface area contributed by atoms with Gasteiger partial charge in [-0.15, -0.1) is 0 Å². The molecule has 0 aliphatic heterocycles. The minimum absolute atomic E-state index is 0.723. The lowest BCUT2D eigenvalue weighted by Crippen LogP contribution is -2.34. The SMILES string of the molecule is CCC(CC)C(C)NCC1CC1. The van der Waals surface area contributed by atoms with Crippen molar-refractivity contribution in [3.8, 4) is 0 Å². The molecule has 0 amide bonds. The summed E-state index contributed by atoms with van der Waals surface area (Å²) in [7, 11) is 0. The summed E-state index contributed by atoms with van der Waals surface area (Å²) in [5.41, 5.74) is 0. The lowest BCUT2D eigenvalue weighted by Gasteiger charge is -2.22. The van der Waals surface area contributed by atoms with E-state index in [9.17, 15) is 0 Å². The first-order valence-electron chi connectivity index (χ1n) is 5.51. The zero-order valence-corrected chi connectivity index (χ0v) is 8.77. The van der Waals surface area contributed by atoms with Crippen LogP contribution >= 0.6 is 0 Å². The third-order valence-electron chi connectivity index (χ3n) is 3.18. The van der Waals surface area contributed by atoms with E-state index >= 15 is 0 Å². The fraction of sp³-hybridized carbons (Fsp3) is 1.00. The lowest BCUT2D eigenvalue weighted by atomic mass is 9.95. The average molecular weight is 169 g/mol. The number of hydrogen-bond donors (Lipinski definition) is 1. The van der Waals surface area contributed by atoms with E-state index in [4.69, 9.17) is 0 Å². The molecule has 1 nitrogen and oxygen atoms in total. The summed E-state index contributed by atoms with van der Waals surface area (Å²) in [6.45, 7) is 8.19. The topological polar surface area (TPSA) is 12.0 Å². The van der Waals surface area contributed by atoms with Crippen molar-refractivity contribution in [1.82, 2.24) is 5.32 Å². The van der Waals surface area contributed by atoms with E-state index in [1.165, 1.54) is 32.2 Å². The molecule has 1 heteroatoms. The van der Waals surface area contributed by atoms with Crippen LogP contribution in [-0.4, -0.2) is 12.6 Å². The van der Waals surface area contributed by atoms with Crippen LogP contribution in [0.25, 0.3) is 0 Å². The van der Waals surface area contributed by atoms with Gasteiger partial charge in [0.2, 0.25) is 0 Å². The number of nitrogens with one attached hydrogen (secondary N) is 1. The Morgan fingerprint density at radius 1 is 1.25 bits per heavy atom. The van der Waals surface area contributed by atoms with E-state index in [0.717, 1.165) is 17.9 Å². The van der Waals surface area contributed by atoms with Crippen LogP contribution in [-0.2, 0) is 0 Å². The van der Waals surface area contributed by atoms with Crippen LogP contribution in [0, 0.1) is 11.8 Å². The largest absolute Gasteiger partial charge is 0.314 e. The Labute approximate surface area is 76.9 Å². The van der Waals surface area contributed by atoms with Crippen molar-refractivity contribution in [1.29, 1.82) is 0 Å². The van der Waals surface area contributed by atoms with Gasteiger partial charge >= 0.3 is 0 Å². The predicted octanol–water partition coefficient (Wildman–Crippen LogP) is 2.81. The molecule has 0 heterocycles. The second-order valence-electron chi connectivity index (χ2n) is 4.22. The second-order valence-corrected chi connectivity index (χ2v) is 4.22. The first-order valence-corrected chi connectivity index (χ1v) is 5.51. The van der Waals surface area contributed by atoms with Gasteiger partial charge in [-0.05, 0) is 38.1 Å². The highest BCUT2D eigenvalue weighted by Crippen LogP contribution is 2.28. The molecule has 1 atom stereocenters. The summed E-state index contributed by atoms with van der Waals surface area (Å²) in [5.74, 6) is 1.89. The molecule has 0 saturated heterocycles. The summed E-state index contributed by atoms with van der Waals surface area (Å²) < 4.78 is 0. The monoisotopic (exact) mass is 169 g/mol. The Hall–Kier alpha value is -0.0400. The van der Waals surface area contributed by atoms with Crippen molar-refractivity contribution in [3.05, 3.63) is 0 Å². The van der Waals surface area contributed by atoms with Gasteiger partial charge in [0, 0.05) is 6.04 Å². The highest BCUT2D eigenvalue weighted by atomic mass is 14.9. The molecule has 0 bridgehead atoms. The first kappa shape index (κ1) is 10.0. The van der Waals surface area contributed by atoms with E-state index in [1.807, 2.05) is 0 Å². The van der Waals surface area contributed by atoms with Crippen LogP contribution in [0.3, 0.4) is 0 Å². The van der Waals surface area contributed by atoms with E-state index < -0.39 is 0 Å². The van der Waals surface area contributed by atoms with Crippen LogP contribution < -0.4 is 5.32 Å². The molecule has 0 aromatic rings. The summed E-state index contributed by atoms with van der Waals surface area (Å²) in [6.07, 6.45) is 5.55. The van der Waals surface area contributed by atoms with E-state index in [-0.39, 0.29) is 0 Å². The summed E-state index contributed by atoms with van der Waals surface area (Å²) in [5, 5.41) is 3.65. The van der Waals surface area contributed by atoms with Crippen molar-refractivity contribution in [2.24, 2.45) is 11.8 Å². The van der Waals surface area contributed by atoms with Gasteiger partial charge in [0.05, 0.1) is 0 Å². The fourth-order valence-corrected chi connectivity index (χ4v) is 1.84. The van der Waals surface area contributed by atoms with Crippen LogP contribution in [0.4, 0.5) is 0 Å². The summed E-state index contributed by atoms with van der Waals surface area (Å²) in [4.78, 5) is 0. The Morgan fingerprint density at radius 3 is 2.25 bits per heavy atom. The van der Waals surface area contributed by atoms with Crippen LogP contribution in [0.1, 0.15) is 46.5 Å². The molecular formula is C11H23N. The molecule has 1 rings (SSSR count). The van der Waals surface area contributed by atoms with Gasteiger partial charge in [-0.25, -0.2) is 0 Å². The van der Waals surface area contributed by atoms with Crippen molar-refractivity contribution in [3.63, 3.8) is 0 Å². The molecule has 0 radical (unpaired) electrons. The molecule has 72 valence electrons. The Kier molecular flexibility index (Phi) is 4.07. The molecule has 0 aromatic carbocycles.